The molecular formula is C22H25ClN2O5S. The van der Waals surface area contributed by atoms with E-state index >= 15 is 0 Å². The zero-order chi connectivity index (χ0) is 22.6. The van der Waals surface area contributed by atoms with Crippen LogP contribution in [0.25, 0.3) is 0 Å². The molecule has 2 aromatic rings. The Hall–Kier alpha value is -2.58. The summed E-state index contributed by atoms with van der Waals surface area (Å²) in [6.07, 6.45) is 2.92. The minimum Gasteiger partial charge on any atom is -0.493 e. The summed E-state index contributed by atoms with van der Waals surface area (Å²) in [7, 11) is -1.61. The zero-order valence-corrected chi connectivity index (χ0v) is 19.1. The Kier molecular flexibility index (Phi) is 7.23. The molecule has 0 aliphatic carbocycles. The Labute approximate surface area is 187 Å². The van der Waals surface area contributed by atoms with E-state index in [-0.39, 0.29) is 16.7 Å². The van der Waals surface area contributed by atoms with Crippen molar-refractivity contribution in [2.45, 2.75) is 24.2 Å². The molecule has 1 aliphatic rings. The van der Waals surface area contributed by atoms with E-state index in [2.05, 4.69) is 0 Å². The van der Waals surface area contributed by atoms with Gasteiger partial charge in [-0.05, 0) is 49.2 Å². The lowest BCUT2D eigenvalue weighted by molar-refractivity contribution is -0.117. The van der Waals surface area contributed by atoms with Gasteiger partial charge in [0.05, 0.1) is 22.8 Å². The molecule has 1 heterocycles. The smallest absolute Gasteiger partial charge is 0.255 e. The van der Waals surface area contributed by atoms with Gasteiger partial charge in [-0.25, -0.2) is 8.42 Å². The van der Waals surface area contributed by atoms with Crippen LogP contribution < -0.4 is 9.64 Å². The number of carbonyl (C=O) groups excluding carboxylic acids is 2. The molecule has 0 unspecified atom stereocenters. The molecule has 1 aliphatic heterocycles. The lowest BCUT2D eigenvalue weighted by Gasteiger charge is -2.23. The number of hydrogen-bond acceptors (Lipinski definition) is 5. The van der Waals surface area contributed by atoms with E-state index in [1.807, 2.05) is 0 Å². The maximum Gasteiger partial charge on any atom is 0.255 e. The summed E-state index contributed by atoms with van der Waals surface area (Å²) in [5.74, 6) is 0.249. The van der Waals surface area contributed by atoms with Gasteiger partial charge in [-0.2, -0.15) is 0 Å². The van der Waals surface area contributed by atoms with E-state index in [0.29, 0.717) is 54.6 Å². The third-order valence-corrected chi connectivity index (χ3v) is 6.39. The van der Waals surface area contributed by atoms with Crippen molar-refractivity contribution < 1.29 is 22.7 Å². The molecule has 2 amide bonds. The van der Waals surface area contributed by atoms with Crippen LogP contribution in [0.3, 0.4) is 0 Å². The van der Waals surface area contributed by atoms with Gasteiger partial charge in [0.15, 0.2) is 9.84 Å². The lowest BCUT2D eigenvalue weighted by Crippen LogP contribution is -2.32. The second-order valence-electron chi connectivity index (χ2n) is 7.49. The first-order chi connectivity index (χ1) is 14.7. The first-order valence-electron chi connectivity index (χ1n) is 9.95. The fourth-order valence-corrected chi connectivity index (χ4v) is 4.23. The van der Waals surface area contributed by atoms with Crippen molar-refractivity contribution in [1.29, 1.82) is 0 Å². The summed E-state index contributed by atoms with van der Waals surface area (Å²) < 4.78 is 28.9. The minimum atomic E-state index is -3.30. The molecule has 166 valence electrons. The van der Waals surface area contributed by atoms with Gasteiger partial charge in [-0.1, -0.05) is 17.7 Å². The van der Waals surface area contributed by atoms with Crippen molar-refractivity contribution in [3.8, 4) is 5.75 Å². The summed E-state index contributed by atoms with van der Waals surface area (Å²) in [6, 6.07) is 11.3. The number of carbonyl (C=O) groups is 2. The van der Waals surface area contributed by atoms with Crippen LogP contribution in [0, 0.1) is 0 Å². The highest BCUT2D eigenvalue weighted by Gasteiger charge is 2.27. The first kappa shape index (κ1) is 23.1. The molecule has 0 atom stereocenters. The molecule has 1 fully saturated rings. The number of rotatable bonds is 8. The zero-order valence-electron chi connectivity index (χ0n) is 17.5. The van der Waals surface area contributed by atoms with Gasteiger partial charge in [0.25, 0.3) is 5.91 Å². The van der Waals surface area contributed by atoms with Gasteiger partial charge in [0, 0.05) is 37.8 Å². The van der Waals surface area contributed by atoms with Crippen molar-refractivity contribution in [1.82, 2.24) is 4.90 Å². The highest BCUT2D eigenvalue weighted by Crippen LogP contribution is 2.29. The predicted molar refractivity (Wildman–Crippen MR) is 120 cm³/mol. The number of halogens is 1. The standard InChI is InChI=1S/C22H25ClN2O5S/c1-24(11-5-13-30-17-6-3-7-18(15-17)31(2,28)29)22(27)19-10-9-16(23)14-20(19)25-12-4-8-21(25)26/h3,6-7,9-10,14-15H,4-5,8,11-13H2,1-2H3. The lowest BCUT2D eigenvalue weighted by atomic mass is 10.1. The van der Waals surface area contributed by atoms with Crippen molar-refractivity contribution in [3.05, 3.63) is 53.1 Å². The summed E-state index contributed by atoms with van der Waals surface area (Å²) in [6.45, 7) is 1.33. The number of anilines is 1. The maximum atomic E-state index is 13.0. The Morgan fingerprint density at radius 3 is 2.68 bits per heavy atom. The van der Waals surface area contributed by atoms with Crippen molar-refractivity contribution >= 4 is 38.9 Å². The second kappa shape index (κ2) is 9.70. The van der Waals surface area contributed by atoms with Crippen LogP contribution in [0.2, 0.25) is 5.02 Å². The highest BCUT2D eigenvalue weighted by molar-refractivity contribution is 7.90. The molecule has 0 spiro atoms. The van der Waals surface area contributed by atoms with Crippen LogP contribution >= 0.6 is 11.6 Å². The Balaban J connectivity index is 1.60. The quantitative estimate of drug-likeness (QED) is 0.559. The molecule has 0 aromatic heterocycles. The summed E-state index contributed by atoms with van der Waals surface area (Å²) in [5.41, 5.74) is 0.976. The Morgan fingerprint density at radius 2 is 2.00 bits per heavy atom. The largest absolute Gasteiger partial charge is 0.493 e. The third-order valence-electron chi connectivity index (χ3n) is 5.04. The number of hydrogen-bond donors (Lipinski definition) is 0. The third kappa shape index (κ3) is 5.77. The van der Waals surface area contributed by atoms with E-state index in [1.54, 1.807) is 47.2 Å². The number of amides is 2. The van der Waals surface area contributed by atoms with Gasteiger partial charge in [0.2, 0.25) is 5.91 Å². The van der Waals surface area contributed by atoms with E-state index in [1.165, 1.54) is 12.1 Å². The average Bonchev–Trinajstić information content (AvgIpc) is 3.16. The fraction of sp³-hybridized carbons (Fsp3) is 0.364. The highest BCUT2D eigenvalue weighted by atomic mass is 35.5. The predicted octanol–water partition coefficient (Wildman–Crippen LogP) is 3.41. The van der Waals surface area contributed by atoms with Crippen LogP contribution in [0.15, 0.2) is 47.4 Å². The summed E-state index contributed by atoms with van der Waals surface area (Å²) in [5, 5.41) is 0.471. The van der Waals surface area contributed by atoms with E-state index in [4.69, 9.17) is 16.3 Å². The molecule has 7 nitrogen and oxygen atoms in total. The second-order valence-corrected chi connectivity index (χ2v) is 9.94. The van der Waals surface area contributed by atoms with Gasteiger partial charge >= 0.3 is 0 Å². The fourth-order valence-electron chi connectivity index (χ4n) is 3.41. The SMILES string of the molecule is CN(CCCOc1cccc(S(C)(=O)=O)c1)C(=O)c1ccc(Cl)cc1N1CCCC1=O. The molecule has 2 aromatic carbocycles. The molecule has 31 heavy (non-hydrogen) atoms. The molecule has 0 bridgehead atoms. The van der Waals surface area contributed by atoms with E-state index in [0.717, 1.165) is 12.7 Å². The van der Waals surface area contributed by atoms with Gasteiger partial charge in [0.1, 0.15) is 5.75 Å². The van der Waals surface area contributed by atoms with Crippen LogP contribution in [0.4, 0.5) is 5.69 Å². The average molecular weight is 465 g/mol. The minimum absolute atomic E-state index is 0.0105. The van der Waals surface area contributed by atoms with Crippen LogP contribution in [0.5, 0.6) is 5.75 Å². The maximum absolute atomic E-state index is 13.0. The molecule has 0 N–H and O–H groups in total. The van der Waals surface area contributed by atoms with Gasteiger partial charge in [-0.15, -0.1) is 0 Å². The summed E-state index contributed by atoms with van der Waals surface area (Å²) in [4.78, 5) is 28.5. The molecule has 1 saturated heterocycles. The Morgan fingerprint density at radius 1 is 1.23 bits per heavy atom. The number of benzene rings is 2. The molecule has 9 heteroatoms. The molecule has 0 saturated carbocycles. The number of nitrogens with zero attached hydrogens (tertiary/aromatic N) is 2. The monoisotopic (exact) mass is 464 g/mol. The van der Waals surface area contributed by atoms with Crippen LogP contribution in [-0.4, -0.2) is 58.1 Å². The number of sulfone groups is 1. The van der Waals surface area contributed by atoms with Crippen molar-refractivity contribution in [3.63, 3.8) is 0 Å². The van der Waals surface area contributed by atoms with Crippen molar-refractivity contribution in [2.24, 2.45) is 0 Å². The topological polar surface area (TPSA) is 84.0 Å². The molecular weight excluding hydrogens is 440 g/mol. The number of ether oxygens (including phenoxy) is 1. The normalized spacial score (nSPS) is 14.0. The van der Waals surface area contributed by atoms with E-state index in [9.17, 15) is 18.0 Å². The summed E-state index contributed by atoms with van der Waals surface area (Å²) >= 11 is 6.11. The van der Waals surface area contributed by atoms with Crippen molar-refractivity contribution in [2.75, 3.05) is 37.9 Å². The molecule has 3 rings (SSSR count). The Bertz CT molecular complexity index is 1090. The van der Waals surface area contributed by atoms with E-state index < -0.39 is 9.84 Å². The first-order valence-corrected chi connectivity index (χ1v) is 12.2. The van der Waals surface area contributed by atoms with Crippen LogP contribution in [-0.2, 0) is 14.6 Å². The van der Waals surface area contributed by atoms with Crippen LogP contribution in [0.1, 0.15) is 29.6 Å². The van der Waals surface area contributed by atoms with Gasteiger partial charge < -0.3 is 14.5 Å². The van der Waals surface area contributed by atoms with Gasteiger partial charge in [-0.3, -0.25) is 9.59 Å². The molecule has 0 radical (unpaired) electrons.